The monoisotopic (exact) mass is 472 g/mol. The van der Waals surface area contributed by atoms with Gasteiger partial charge in [0.05, 0.1) is 17.6 Å². The third kappa shape index (κ3) is 5.03. The van der Waals surface area contributed by atoms with E-state index in [1.54, 1.807) is 29.1 Å². The maximum atomic E-state index is 12.9. The van der Waals surface area contributed by atoms with Crippen molar-refractivity contribution in [1.29, 1.82) is 0 Å². The highest BCUT2D eigenvalue weighted by Gasteiger charge is 2.28. The lowest BCUT2D eigenvalue weighted by atomic mass is 10.0. The number of amides is 1. The zero-order valence-corrected chi connectivity index (χ0v) is 19.3. The summed E-state index contributed by atoms with van der Waals surface area (Å²) in [6, 6.07) is 15.2. The lowest BCUT2D eigenvalue weighted by Crippen LogP contribution is -2.37. The number of rotatable bonds is 6. The number of sulfonamides is 1. The van der Waals surface area contributed by atoms with Crippen LogP contribution in [0.2, 0.25) is 5.02 Å². The number of nitrogens with zero attached hydrogens (tertiary/aromatic N) is 3. The number of hydrogen-bond acceptors (Lipinski definition) is 4. The van der Waals surface area contributed by atoms with Gasteiger partial charge in [0.2, 0.25) is 10.0 Å². The van der Waals surface area contributed by atoms with Crippen LogP contribution in [0, 0.1) is 5.92 Å². The van der Waals surface area contributed by atoms with Crippen LogP contribution in [-0.2, 0) is 16.6 Å². The number of aromatic nitrogens is 2. The zero-order valence-electron chi connectivity index (χ0n) is 17.7. The lowest BCUT2D eigenvalue weighted by molar-refractivity contribution is 0.102. The van der Waals surface area contributed by atoms with Gasteiger partial charge < -0.3 is 5.32 Å². The Morgan fingerprint density at radius 2 is 1.72 bits per heavy atom. The molecule has 1 aromatic heterocycles. The molecule has 1 aliphatic heterocycles. The summed E-state index contributed by atoms with van der Waals surface area (Å²) in [7, 11) is -3.54. The van der Waals surface area contributed by atoms with Crippen molar-refractivity contribution in [1.82, 2.24) is 14.1 Å². The molecule has 3 aromatic rings. The predicted octanol–water partition coefficient (Wildman–Crippen LogP) is 4.26. The van der Waals surface area contributed by atoms with Crippen LogP contribution >= 0.6 is 11.6 Å². The highest BCUT2D eigenvalue weighted by molar-refractivity contribution is 7.89. The van der Waals surface area contributed by atoms with Crippen molar-refractivity contribution in [3.05, 3.63) is 76.9 Å². The van der Waals surface area contributed by atoms with E-state index >= 15 is 0 Å². The van der Waals surface area contributed by atoms with Crippen LogP contribution in [0.15, 0.2) is 65.7 Å². The molecule has 0 unspecified atom stereocenters. The smallest absolute Gasteiger partial charge is 0.256 e. The molecule has 0 aliphatic carbocycles. The Morgan fingerprint density at radius 3 is 2.38 bits per heavy atom. The summed E-state index contributed by atoms with van der Waals surface area (Å²) in [5.74, 6) is 0.753. The molecule has 2 heterocycles. The lowest BCUT2D eigenvalue weighted by Gasteiger charge is -2.29. The minimum Gasteiger partial charge on any atom is -0.307 e. The van der Waals surface area contributed by atoms with E-state index < -0.39 is 10.0 Å². The van der Waals surface area contributed by atoms with E-state index in [1.165, 1.54) is 28.6 Å². The SMILES string of the molecule is CC1CCN(S(=O)(=O)c2ccc(C(=O)Nc3ccnn3Cc3ccc(Cl)cc3)cc2)CC1. The van der Waals surface area contributed by atoms with Crippen LogP contribution in [0.3, 0.4) is 0 Å². The van der Waals surface area contributed by atoms with Crippen molar-refractivity contribution in [3.63, 3.8) is 0 Å². The standard InChI is InChI=1S/C23H25ClN4O3S/c1-17-11-14-27(15-12-17)32(30,31)21-8-4-19(5-9-21)23(29)26-22-10-13-25-28(22)16-18-2-6-20(24)7-3-18/h2-10,13,17H,11-12,14-16H2,1H3,(H,26,29). The highest BCUT2D eigenvalue weighted by atomic mass is 35.5. The topological polar surface area (TPSA) is 84.3 Å². The summed E-state index contributed by atoms with van der Waals surface area (Å²) in [6.45, 7) is 3.68. The van der Waals surface area contributed by atoms with Gasteiger partial charge in [0.25, 0.3) is 5.91 Å². The molecule has 168 valence electrons. The first-order valence-electron chi connectivity index (χ1n) is 10.5. The Kier molecular flexibility index (Phi) is 6.64. The molecule has 0 atom stereocenters. The summed E-state index contributed by atoms with van der Waals surface area (Å²) in [4.78, 5) is 12.9. The molecule has 2 aromatic carbocycles. The quantitative estimate of drug-likeness (QED) is 0.581. The largest absolute Gasteiger partial charge is 0.307 e. The number of carbonyl (C=O) groups is 1. The van der Waals surface area contributed by atoms with Crippen molar-refractivity contribution in [3.8, 4) is 0 Å². The summed E-state index contributed by atoms with van der Waals surface area (Å²) in [6.07, 6.45) is 3.34. The summed E-state index contributed by atoms with van der Waals surface area (Å²) < 4.78 is 29.0. The second-order valence-electron chi connectivity index (χ2n) is 8.07. The van der Waals surface area contributed by atoms with Gasteiger partial charge in [0, 0.05) is 29.7 Å². The van der Waals surface area contributed by atoms with Gasteiger partial charge >= 0.3 is 0 Å². The van der Waals surface area contributed by atoms with E-state index in [-0.39, 0.29) is 10.8 Å². The molecular formula is C23H25ClN4O3S. The van der Waals surface area contributed by atoms with Gasteiger partial charge in [-0.05, 0) is 60.7 Å². The van der Waals surface area contributed by atoms with Crippen molar-refractivity contribution in [2.45, 2.75) is 31.2 Å². The first kappa shape index (κ1) is 22.5. The van der Waals surface area contributed by atoms with Gasteiger partial charge in [0.1, 0.15) is 5.82 Å². The predicted molar refractivity (Wildman–Crippen MR) is 124 cm³/mol. The maximum absolute atomic E-state index is 12.9. The molecule has 1 amide bonds. The first-order chi connectivity index (χ1) is 15.3. The number of piperidine rings is 1. The molecule has 9 heteroatoms. The van der Waals surface area contributed by atoms with Gasteiger partial charge in [0.15, 0.2) is 0 Å². The number of hydrogen-bond donors (Lipinski definition) is 1. The van der Waals surface area contributed by atoms with Gasteiger partial charge in [-0.1, -0.05) is 30.7 Å². The van der Waals surface area contributed by atoms with Crippen LogP contribution < -0.4 is 5.32 Å². The molecule has 0 bridgehead atoms. The molecule has 1 N–H and O–H groups in total. The van der Waals surface area contributed by atoms with E-state index in [0.29, 0.717) is 42.0 Å². The third-order valence-corrected chi connectivity index (χ3v) is 7.87. The Labute approximate surface area is 193 Å². The van der Waals surface area contributed by atoms with Crippen molar-refractivity contribution >= 4 is 33.3 Å². The summed E-state index contributed by atoms with van der Waals surface area (Å²) in [5.41, 5.74) is 1.37. The van der Waals surface area contributed by atoms with E-state index in [1.807, 2.05) is 12.1 Å². The molecule has 1 fully saturated rings. The molecule has 0 saturated carbocycles. The Balaban J connectivity index is 1.44. The maximum Gasteiger partial charge on any atom is 0.256 e. The van der Waals surface area contributed by atoms with Crippen molar-refractivity contribution < 1.29 is 13.2 Å². The second kappa shape index (κ2) is 9.44. The number of carbonyl (C=O) groups excluding carboxylic acids is 1. The zero-order chi connectivity index (χ0) is 22.7. The molecule has 1 saturated heterocycles. The second-order valence-corrected chi connectivity index (χ2v) is 10.4. The van der Waals surface area contributed by atoms with Gasteiger partial charge in [-0.3, -0.25) is 4.79 Å². The fraction of sp³-hybridized carbons (Fsp3) is 0.304. The van der Waals surface area contributed by atoms with Crippen LogP contribution in [0.1, 0.15) is 35.7 Å². The minimum atomic E-state index is -3.54. The van der Waals surface area contributed by atoms with E-state index in [4.69, 9.17) is 11.6 Å². The van der Waals surface area contributed by atoms with Crippen LogP contribution in [0.4, 0.5) is 5.82 Å². The molecular weight excluding hydrogens is 448 g/mol. The first-order valence-corrected chi connectivity index (χ1v) is 12.3. The van der Waals surface area contributed by atoms with Crippen LogP contribution in [-0.4, -0.2) is 41.5 Å². The molecule has 0 radical (unpaired) electrons. The Hall–Kier alpha value is -2.68. The Bertz CT molecular complexity index is 1180. The highest BCUT2D eigenvalue weighted by Crippen LogP contribution is 2.24. The Morgan fingerprint density at radius 1 is 1.06 bits per heavy atom. The molecule has 4 rings (SSSR count). The van der Waals surface area contributed by atoms with Crippen LogP contribution in [0.25, 0.3) is 0 Å². The molecule has 1 aliphatic rings. The number of benzene rings is 2. The minimum absolute atomic E-state index is 0.205. The van der Waals surface area contributed by atoms with E-state index in [2.05, 4.69) is 17.3 Å². The fourth-order valence-electron chi connectivity index (χ4n) is 3.67. The van der Waals surface area contributed by atoms with Crippen molar-refractivity contribution in [2.75, 3.05) is 18.4 Å². The van der Waals surface area contributed by atoms with E-state index in [0.717, 1.165) is 18.4 Å². The number of halogens is 1. The molecule has 7 nitrogen and oxygen atoms in total. The average molecular weight is 473 g/mol. The molecule has 32 heavy (non-hydrogen) atoms. The van der Waals surface area contributed by atoms with Gasteiger partial charge in [-0.2, -0.15) is 9.40 Å². The van der Waals surface area contributed by atoms with Gasteiger partial charge in [-0.15, -0.1) is 0 Å². The number of anilines is 1. The average Bonchev–Trinajstić information content (AvgIpc) is 3.22. The fourth-order valence-corrected chi connectivity index (χ4v) is 5.26. The van der Waals surface area contributed by atoms with Gasteiger partial charge in [-0.25, -0.2) is 13.1 Å². The van der Waals surface area contributed by atoms with Crippen molar-refractivity contribution in [2.24, 2.45) is 5.92 Å². The third-order valence-electron chi connectivity index (χ3n) is 5.70. The summed E-state index contributed by atoms with van der Waals surface area (Å²) >= 11 is 5.93. The number of nitrogens with one attached hydrogen (secondary N) is 1. The summed E-state index contributed by atoms with van der Waals surface area (Å²) in [5, 5.41) is 7.76. The normalized spacial score (nSPS) is 15.6. The van der Waals surface area contributed by atoms with Crippen LogP contribution in [0.5, 0.6) is 0 Å². The van der Waals surface area contributed by atoms with E-state index in [9.17, 15) is 13.2 Å². The molecule has 0 spiro atoms.